The van der Waals surface area contributed by atoms with Gasteiger partial charge in [0.05, 0.1) is 5.38 Å². The Morgan fingerprint density at radius 1 is 0.950 bits per heavy atom. The third-order valence-corrected chi connectivity index (χ3v) is 4.90. The Labute approximate surface area is 136 Å². The van der Waals surface area contributed by atoms with Crippen LogP contribution in [0.5, 0.6) is 0 Å². The molecule has 2 aromatic rings. The lowest BCUT2D eigenvalue weighted by molar-refractivity contribution is 0.441. The van der Waals surface area contributed by atoms with Gasteiger partial charge in [-0.1, -0.05) is 37.9 Å². The van der Waals surface area contributed by atoms with Crippen molar-refractivity contribution >= 4 is 43.5 Å². The van der Waals surface area contributed by atoms with E-state index in [0.29, 0.717) is 10.0 Å². The highest BCUT2D eigenvalue weighted by Crippen LogP contribution is 2.38. The molecule has 0 amide bonds. The van der Waals surface area contributed by atoms with Gasteiger partial charge in [0.1, 0.15) is 0 Å². The van der Waals surface area contributed by atoms with Gasteiger partial charge in [-0.3, -0.25) is 0 Å². The number of rotatable bonds is 2. The van der Waals surface area contributed by atoms with Gasteiger partial charge in [-0.15, -0.1) is 11.6 Å². The van der Waals surface area contributed by atoms with E-state index in [1.54, 1.807) is 6.07 Å². The molecule has 0 heterocycles. The first kappa shape index (κ1) is 15.9. The molecule has 0 bridgehead atoms. The molecule has 0 nitrogen and oxygen atoms in total. The summed E-state index contributed by atoms with van der Waals surface area (Å²) in [6.07, 6.45) is 0. The molecule has 2 aromatic carbocycles. The molecule has 0 aliphatic heterocycles. The highest BCUT2D eigenvalue weighted by atomic mass is 79.9. The summed E-state index contributed by atoms with van der Waals surface area (Å²) in [5, 5.41) is -0.934. The van der Waals surface area contributed by atoms with Crippen molar-refractivity contribution in [2.75, 3.05) is 0 Å². The first-order chi connectivity index (χ1) is 9.32. The van der Waals surface area contributed by atoms with Gasteiger partial charge in [0.15, 0.2) is 17.5 Å². The number of aryl methyl sites for hydroxylation is 1. The smallest absolute Gasteiger partial charge is 0.194 e. The van der Waals surface area contributed by atoms with Gasteiger partial charge in [0.25, 0.3) is 0 Å². The fourth-order valence-electron chi connectivity index (χ4n) is 1.76. The van der Waals surface area contributed by atoms with Crippen molar-refractivity contribution in [2.24, 2.45) is 0 Å². The number of benzene rings is 2. The van der Waals surface area contributed by atoms with Crippen LogP contribution in [-0.2, 0) is 0 Å². The summed E-state index contributed by atoms with van der Waals surface area (Å²) >= 11 is 12.9. The summed E-state index contributed by atoms with van der Waals surface area (Å²) in [6, 6.07) is 5.54. The molecular formula is C14H8Br2ClF3. The zero-order chi connectivity index (χ0) is 15.0. The van der Waals surface area contributed by atoms with E-state index in [4.69, 9.17) is 11.6 Å². The van der Waals surface area contributed by atoms with E-state index >= 15 is 0 Å². The van der Waals surface area contributed by atoms with E-state index in [-0.39, 0.29) is 5.56 Å². The maximum absolute atomic E-state index is 13.8. The van der Waals surface area contributed by atoms with E-state index in [9.17, 15) is 13.2 Å². The molecular weight excluding hydrogens is 420 g/mol. The Hall–Kier alpha value is -0.520. The summed E-state index contributed by atoms with van der Waals surface area (Å²) in [6.45, 7) is 1.89. The van der Waals surface area contributed by atoms with E-state index in [0.717, 1.165) is 22.2 Å². The van der Waals surface area contributed by atoms with Crippen LogP contribution in [0.1, 0.15) is 22.1 Å². The standard InChI is InChI=1S/C14H8Br2ClF3/c1-6-4-10(16)8(5-9(6)15)12(17)7-2-3-11(18)14(20)13(7)19/h2-5,12H,1H3. The quantitative estimate of drug-likeness (QED) is 0.391. The van der Waals surface area contributed by atoms with Crippen LogP contribution in [0.25, 0.3) is 0 Å². The second kappa shape index (κ2) is 6.08. The van der Waals surface area contributed by atoms with Crippen molar-refractivity contribution in [1.82, 2.24) is 0 Å². The summed E-state index contributed by atoms with van der Waals surface area (Å²) in [5.74, 6) is -4.02. The maximum Gasteiger partial charge on any atom is 0.194 e. The van der Waals surface area contributed by atoms with Gasteiger partial charge < -0.3 is 0 Å². The molecule has 1 unspecified atom stereocenters. The second-order valence-electron chi connectivity index (χ2n) is 4.25. The van der Waals surface area contributed by atoms with Crippen molar-refractivity contribution in [3.05, 3.63) is 67.4 Å². The molecule has 0 aliphatic carbocycles. The van der Waals surface area contributed by atoms with E-state index in [2.05, 4.69) is 31.9 Å². The van der Waals surface area contributed by atoms with Crippen LogP contribution in [0.4, 0.5) is 13.2 Å². The number of hydrogen-bond donors (Lipinski definition) is 0. The lowest BCUT2D eigenvalue weighted by atomic mass is 10.0. The Morgan fingerprint density at radius 3 is 2.25 bits per heavy atom. The van der Waals surface area contributed by atoms with Gasteiger partial charge in [-0.25, -0.2) is 13.2 Å². The van der Waals surface area contributed by atoms with Crippen LogP contribution in [-0.4, -0.2) is 0 Å². The molecule has 106 valence electrons. The Kier molecular flexibility index (Phi) is 4.82. The first-order valence-corrected chi connectivity index (χ1v) is 7.58. The van der Waals surface area contributed by atoms with Crippen LogP contribution in [0.2, 0.25) is 0 Å². The number of halogens is 6. The maximum atomic E-state index is 13.8. The number of hydrogen-bond acceptors (Lipinski definition) is 0. The third kappa shape index (κ3) is 2.90. The van der Waals surface area contributed by atoms with Gasteiger partial charge in [0, 0.05) is 14.5 Å². The Balaban J connectivity index is 2.55. The summed E-state index contributed by atoms with van der Waals surface area (Å²) < 4.78 is 41.5. The second-order valence-corrected chi connectivity index (χ2v) is 6.40. The molecule has 2 rings (SSSR count). The molecule has 0 N–H and O–H groups in total. The number of alkyl halides is 1. The van der Waals surface area contributed by atoms with Crippen LogP contribution in [0.15, 0.2) is 33.2 Å². The van der Waals surface area contributed by atoms with Gasteiger partial charge in [0.2, 0.25) is 0 Å². The van der Waals surface area contributed by atoms with E-state index in [1.807, 2.05) is 13.0 Å². The fraction of sp³-hybridized carbons (Fsp3) is 0.143. The lowest BCUT2D eigenvalue weighted by Crippen LogP contribution is -2.02. The van der Waals surface area contributed by atoms with Gasteiger partial charge in [-0.2, -0.15) is 0 Å². The zero-order valence-corrected chi connectivity index (χ0v) is 14.1. The molecule has 0 aliphatic rings. The van der Waals surface area contributed by atoms with Crippen LogP contribution in [0.3, 0.4) is 0 Å². The van der Waals surface area contributed by atoms with Crippen LogP contribution >= 0.6 is 43.5 Å². The predicted molar refractivity (Wildman–Crippen MR) is 80.6 cm³/mol. The molecule has 0 saturated carbocycles. The molecule has 0 aromatic heterocycles. The third-order valence-electron chi connectivity index (χ3n) is 2.89. The van der Waals surface area contributed by atoms with Crippen molar-refractivity contribution in [3.63, 3.8) is 0 Å². The SMILES string of the molecule is Cc1cc(Br)c(C(Cl)c2ccc(F)c(F)c2F)cc1Br. The average molecular weight is 428 g/mol. The highest BCUT2D eigenvalue weighted by Gasteiger charge is 2.22. The summed E-state index contributed by atoms with van der Waals surface area (Å²) in [5.41, 5.74) is 1.42. The Bertz CT molecular complexity index is 672. The summed E-state index contributed by atoms with van der Waals surface area (Å²) in [7, 11) is 0. The topological polar surface area (TPSA) is 0 Å². The summed E-state index contributed by atoms with van der Waals surface area (Å²) in [4.78, 5) is 0. The minimum Gasteiger partial charge on any atom is -0.204 e. The van der Waals surface area contributed by atoms with Crippen molar-refractivity contribution in [2.45, 2.75) is 12.3 Å². The predicted octanol–water partition coefficient (Wildman–Crippen LogP) is 6.27. The molecule has 1 atom stereocenters. The lowest BCUT2D eigenvalue weighted by Gasteiger charge is -2.15. The van der Waals surface area contributed by atoms with Crippen molar-refractivity contribution in [3.8, 4) is 0 Å². The van der Waals surface area contributed by atoms with Gasteiger partial charge in [-0.05, 0) is 36.2 Å². The van der Waals surface area contributed by atoms with Gasteiger partial charge >= 0.3 is 0 Å². The molecule has 20 heavy (non-hydrogen) atoms. The first-order valence-electron chi connectivity index (χ1n) is 5.56. The van der Waals surface area contributed by atoms with E-state index < -0.39 is 22.8 Å². The van der Waals surface area contributed by atoms with Crippen LogP contribution < -0.4 is 0 Å². The Morgan fingerprint density at radius 2 is 1.60 bits per heavy atom. The highest BCUT2D eigenvalue weighted by molar-refractivity contribution is 9.11. The molecule has 0 radical (unpaired) electrons. The minimum absolute atomic E-state index is 0.109. The largest absolute Gasteiger partial charge is 0.204 e. The molecule has 0 spiro atoms. The average Bonchev–Trinajstić information content (AvgIpc) is 2.40. The molecule has 0 saturated heterocycles. The molecule has 6 heteroatoms. The van der Waals surface area contributed by atoms with E-state index in [1.165, 1.54) is 0 Å². The van der Waals surface area contributed by atoms with Crippen LogP contribution in [0, 0.1) is 24.4 Å². The van der Waals surface area contributed by atoms with Crippen molar-refractivity contribution in [1.29, 1.82) is 0 Å². The monoisotopic (exact) mass is 426 g/mol. The minimum atomic E-state index is -1.52. The zero-order valence-electron chi connectivity index (χ0n) is 10.2. The normalized spacial score (nSPS) is 12.6. The van der Waals surface area contributed by atoms with Crippen molar-refractivity contribution < 1.29 is 13.2 Å². The fourth-order valence-corrected chi connectivity index (χ4v) is 3.29. The molecule has 0 fully saturated rings.